The Balaban J connectivity index is 0.000000171. The zero-order valence-corrected chi connectivity index (χ0v) is 82.5. The highest BCUT2D eigenvalue weighted by Gasteiger charge is 2.33. The third kappa shape index (κ3) is 30.8. The maximum Gasteiger partial charge on any atom is 0.422 e. The summed E-state index contributed by atoms with van der Waals surface area (Å²) >= 11 is 0. The molecule has 8 amide bonds. The molecular formula is C105H122F6N20O13. The Kier molecular flexibility index (Phi) is 39.4. The Hall–Kier alpha value is -15.0. The summed E-state index contributed by atoms with van der Waals surface area (Å²) in [6.45, 7) is 17.2. The number of carbonyl (C=O) groups is 5. The van der Waals surface area contributed by atoms with Gasteiger partial charge in [0.15, 0.2) is 19.0 Å². The number of amides is 8. The first kappa shape index (κ1) is 108. The number of nitrogens with zero attached hydrogens (tertiary/aromatic N) is 10. The largest absolute Gasteiger partial charge is 0.484 e. The van der Waals surface area contributed by atoms with Gasteiger partial charge in [-0.25, -0.2) is 47.9 Å². The van der Waals surface area contributed by atoms with E-state index < -0.39 is 37.6 Å². The number of methoxy groups -OCH3 is 5. The molecule has 2 fully saturated rings. The monoisotopic (exact) mass is 1980 g/mol. The lowest BCUT2D eigenvalue weighted by molar-refractivity contribution is -0.154. The van der Waals surface area contributed by atoms with Gasteiger partial charge < -0.3 is 69.8 Å². The fraction of sp³-hybridized carbons (Fsp3) is 0.343. The van der Waals surface area contributed by atoms with E-state index in [0.717, 1.165) is 119 Å². The first-order valence-corrected chi connectivity index (χ1v) is 46.9. The first-order valence-electron chi connectivity index (χ1n) is 46.9. The van der Waals surface area contributed by atoms with Crippen LogP contribution in [0.15, 0.2) is 207 Å². The molecule has 2 aliphatic rings. The molecule has 7 heterocycles. The van der Waals surface area contributed by atoms with Crippen LogP contribution in [0, 0.1) is 47.5 Å². The van der Waals surface area contributed by atoms with Crippen LogP contribution in [0.1, 0.15) is 139 Å². The predicted molar refractivity (Wildman–Crippen MR) is 536 cm³/mol. The van der Waals surface area contributed by atoms with Crippen LogP contribution < -0.4 is 72.1 Å². The number of piperidine rings is 2. The lowest BCUT2D eigenvalue weighted by Gasteiger charge is -2.22. The molecule has 2 saturated heterocycles. The topological polar surface area (TPSA) is 377 Å². The molecule has 0 radical (unpaired) electrons. The van der Waals surface area contributed by atoms with Crippen LogP contribution in [0.2, 0.25) is 0 Å². The number of hydrogen-bond donors (Lipinski definition) is 10. The van der Waals surface area contributed by atoms with Crippen LogP contribution in [0.5, 0.6) is 23.4 Å². The van der Waals surface area contributed by atoms with E-state index in [-0.39, 0.29) is 73.8 Å². The van der Waals surface area contributed by atoms with Crippen molar-refractivity contribution in [3.05, 3.63) is 296 Å². The molecule has 39 heteroatoms. The first-order chi connectivity index (χ1) is 69.4. The van der Waals surface area contributed by atoms with E-state index in [0.29, 0.717) is 124 Å². The molecular weight excluding hydrogens is 1860 g/mol. The average molecular weight is 1990 g/mol. The molecule has 144 heavy (non-hydrogen) atoms. The van der Waals surface area contributed by atoms with Gasteiger partial charge in [0.2, 0.25) is 5.88 Å². The maximum absolute atomic E-state index is 13.0. The Bertz CT molecular complexity index is 6400. The number of ketones is 1. The van der Waals surface area contributed by atoms with Crippen molar-refractivity contribution in [1.29, 1.82) is 0 Å². The number of hydrogen-bond acceptors (Lipinski definition) is 21. The van der Waals surface area contributed by atoms with Gasteiger partial charge >= 0.3 is 42.5 Å². The molecule has 0 spiro atoms. The van der Waals surface area contributed by atoms with Gasteiger partial charge in [-0.05, 0) is 217 Å². The number of alkyl halides is 6. The SMILES string of the molecule is CCC(=O)c1nn(-c2ccccc2)c(NC(=O)NCc2cc(COC)ccc2OCC(F)(F)F)c1C.COCc1ccc(C)c(CNC(=O)Nc2c(C)c(C3CCNCC3)nn2-c2ccccc2)c1.COCc1ccc(C)c(CNC(=O)Nc2c(C)c(OCC3CCNCC3)nn2-c2ccccc2)c1.COCc1ccc(OCC(F)(F)F)c(CNC(=O)Nc2c(C)c(-c3cnc(OC)nc3)nn2-c2ccccc2)c1. The third-order valence-electron chi connectivity index (χ3n) is 23.6. The van der Waals surface area contributed by atoms with Crippen molar-refractivity contribution in [2.45, 2.75) is 151 Å². The number of ether oxygens (including phenoxy) is 8. The van der Waals surface area contributed by atoms with E-state index in [1.807, 2.05) is 141 Å². The number of urea groups is 4. The number of rotatable bonds is 36. The molecule has 8 aromatic carbocycles. The molecule has 15 rings (SSSR count). The fourth-order valence-corrected chi connectivity index (χ4v) is 16.0. The summed E-state index contributed by atoms with van der Waals surface area (Å²) in [5.74, 6) is 3.28. The number of anilines is 4. The smallest absolute Gasteiger partial charge is 0.422 e. The summed E-state index contributed by atoms with van der Waals surface area (Å²) < 4.78 is 125. The number of para-hydroxylation sites is 4. The van der Waals surface area contributed by atoms with E-state index in [2.05, 4.69) is 98.5 Å². The minimum absolute atomic E-state index is 0.00442. The van der Waals surface area contributed by atoms with E-state index in [9.17, 15) is 50.3 Å². The second-order valence-electron chi connectivity index (χ2n) is 34.2. The van der Waals surface area contributed by atoms with Crippen molar-refractivity contribution < 1.29 is 88.2 Å². The standard InChI is InChI=1S/C27H27F3N6O4.C27H35N5O3.C26H33N5O2.C25H27F3N4O4/c1-17-23(20-13-32-26(39-3)33-14-20)35-36(21-7-5-4-6-8-21)24(17)34-25(37)31-12-19-11-18(15-38-2)9-10-22(19)40-16-27(28,29)30;1-19-9-10-22(17-34-3)15-23(19)16-29-27(33)30-25-20(2)26(35-18-21-11-13-28-14-12-21)31-32(25)24-7-5-4-6-8-24;1-18-9-10-20(17-33-3)15-22(18)16-28-26(32)29-25-19(2)24(21-11-13-27-14-12-21)30-31(25)23-7-5-4-6-8-23;1-4-20(33)22-16(2)23(32(31-22)19-8-6-5-7-9-19)30-24(34)29-13-18-12-17(14-35-3)10-11-21(18)36-15-25(26,27)28/h4-11,13-14H,12,15-16H2,1-3H3,(H2,31,34,37);4-10,15,21,28H,11-14,16-18H2,1-3H3,(H2,29,30,33);4-10,15,21,27H,11-14,16-17H2,1-3H3,(H2,28,29,32);5-12H,4,13-15H2,1-3H3,(H2,29,30,34). The van der Waals surface area contributed by atoms with Crippen molar-refractivity contribution in [1.82, 2.24) is 81.0 Å². The number of nitrogens with one attached hydrogen (secondary N) is 10. The lowest BCUT2D eigenvalue weighted by atomic mass is 9.92. The predicted octanol–water partition coefficient (Wildman–Crippen LogP) is 19.0. The Morgan fingerprint density at radius 3 is 1.15 bits per heavy atom. The van der Waals surface area contributed by atoms with Gasteiger partial charge in [0, 0.05) is 113 Å². The van der Waals surface area contributed by atoms with Crippen LogP contribution >= 0.6 is 0 Å². The van der Waals surface area contributed by atoms with Gasteiger partial charge in [-0.2, -0.15) is 41.6 Å². The van der Waals surface area contributed by atoms with E-state index in [1.165, 1.54) is 38.1 Å². The van der Waals surface area contributed by atoms with Gasteiger partial charge in [-0.15, -0.1) is 5.10 Å². The van der Waals surface area contributed by atoms with Crippen LogP contribution in [0.3, 0.4) is 0 Å². The van der Waals surface area contributed by atoms with Gasteiger partial charge in [0.1, 0.15) is 46.2 Å². The van der Waals surface area contributed by atoms with Gasteiger partial charge in [0.25, 0.3) is 0 Å². The number of Topliss-reactive ketones (excluding diaryl/α,β-unsaturated/α-hetero) is 1. The second kappa shape index (κ2) is 52.6. The summed E-state index contributed by atoms with van der Waals surface area (Å²) in [6.07, 6.45) is -1.34. The number of aromatic nitrogens is 10. The van der Waals surface area contributed by atoms with Gasteiger partial charge in [0.05, 0.1) is 74.2 Å². The molecule has 0 saturated carbocycles. The lowest BCUT2D eigenvalue weighted by Crippen LogP contribution is -2.30. The van der Waals surface area contributed by atoms with Gasteiger partial charge in [-0.3, -0.25) is 26.1 Å². The minimum atomic E-state index is -4.51. The van der Waals surface area contributed by atoms with Crippen molar-refractivity contribution >= 4 is 53.2 Å². The number of carbonyl (C=O) groups excluding carboxylic acids is 5. The van der Waals surface area contributed by atoms with Crippen LogP contribution in [-0.4, -0.2) is 173 Å². The zero-order valence-electron chi connectivity index (χ0n) is 82.5. The molecule has 762 valence electrons. The van der Waals surface area contributed by atoms with Crippen LogP contribution in [0.25, 0.3) is 34.0 Å². The van der Waals surface area contributed by atoms with E-state index >= 15 is 0 Å². The molecule has 33 nitrogen and oxygen atoms in total. The normalized spacial score (nSPS) is 12.6. The van der Waals surface area contributed by atoms with Crippen molar-refractivity contribution in [3.63, 3.8) is 0 Å². The molecule has 2 aliphatic heterocycles. The second-order valence-corrected chi connectivity index (χ2v) is 34.2. The summed E-state index contributed by atoms with van der Waals surface area (Å²) in [7, 11) is 7.82. The Morgan fingerprint density at radius 1 is 0.403 bits per heavy atom. The summed E-state index contributed by atoms with van der Waals surface area (Å²) in [6, 6.07) is 57.9. The summed E-state index contributed by atoms with van der Waals surface area (Å²) in [4.78, 5) is 72.4. The molecule has 0 atom stereocenters. The number of aryl methyl sites for hydroxylation is 2. The number of halogens is 6. The average Bonchev–Trinajstić information content (AvgIpc) is 1.64. The van der Waals surface area contributed by atoms with Crippen molar-refractivity contribution in [2.75, 3.05) is 103 Å². The highest BCUT2D eigenvalue weighted by atomic mass is 19.4. The zero-order chi connectivity index (χ0) is 103. The van der Waals surface area contributed by atoms with Crippen LogP contribution in [0.4, 0.5) is 68.8 Å². The molecule has 0 unspecified atom stereocenters. The van der Waals surface area contributed by atoms with E-state index in [4.69, 9.17) is 48.1 Å². The summed E-state index contributed by atoms with van der Waals surface area (Å²) in [5.41, 5.74) is 17.2. The van der Waals surface area contributed by atoms with E-state index in [1.54, 1.807) is 105 Å². The van der Waals surface area contributed by atoms with Gasteiger partial charge in [-0.1, -0.05) is 128 Å². The highest BCUT2D eigenvalue weighted by molar-refractivity contribution is 5.99. The van der Waals surface area contributed by atoms with Crippen molar-refractivity contribution in [3.8, 4) is 57.4 Å². The third-order valence-corrected chi connectivity index (χ3v) is 23.6. The minimum Gasteiger partial charge on any atom is -0.484 e. The molecule has 0 bridgehead atoms. The number of benzene rings is 8. The quantitative estimate of drug-likeness (QED) is 0.0129. The van der Waals surface area contributed by atoms with Crippen LogP contribution in [-0.2, 0) is 71.6 Å². The maximum atomic E-state index is 13.0. The Morgan fingerprint density at radius 2 is 0.757 bits per heavy atom. The molecule has 0 aliphatic carbocycles. The summed E-state index contributed by atoms with van der Waals surface area (Å²) in [5, 5.41) is 48.5. The molecule has 13 aromatic rings. The molecule has 5 aromatic heterocycles. The highest BCUT2D eigenvalue weighted by Crippen LogP contribution is 2.37. The molecule has 10 N–H and O–H groups in total. The fourth-order valence-electron chi connectivity index (χ4n) is 16.0. The van der Waals surface area contributed by atoms with Crippen molar-refractivity contribution in [2.24, 2.45) is 5.92 Å². The Labute approximate surface area is 831 Å².